The van der Waals surface area contributed by atoms with Gasteiger partial charge in [0.05, 0.1) is 11.5 Å². The lowest BCUT2D eigenvalue weighted by Gasteiger charge is -2.19. The van der Waals surface area contributed by atoms with Crippen molar-refractivity contribution < 1.29 is 12.6 Å². The first-order valence-corrected chi connectivity index (χ1v) is 10.3. The van der Waals surface area contributed by atoms with E-state index in [1.54, 1.807) is 12.1 Å². The molecule has 0 aliphatic carbocycles. The van der Waals surface area contributed by atoms with Gasteiger partial charge in [0.2, 0.25) is 0 Å². The summed E-state index contributed by atoms with van der Waals surface area (Å²) in [6.07, 6.45) is 4.95. The summed E-state index contributed by atoms with van der Waals surface area (Å²) in [5.41, 5.74) is 1.11. The molecule has 1 aromatic carbocycles. The van der Waals surface area contributed by atoms with Crippen LogP contribution in [0.15, 0.2) is 29.2 Å². The quantitative estimate of drug-likeness (QED) is 0.401. The highest BCUT2D eigenvalue weighted by molar-refractivity contribution is 14.1. The molecule has 1 heterocycles. The van der Waals surface area contributed by atoms with Crippen LogP contribution in [-0.4, -0.2) is 39.6 Å². The second kappa shape index (κ2) is 8.45. The Morgan fingerprint density at radius 2 is 1.67 bits per heavy atom. The minimum absolute atomic E-state index is 0.233. The van der Waals surface area contributed by atoms with Gasteiger partial charge in [-0.25, -0.2) is 0 Å². The smallest absolute Gasteiger partial charge is 0.297 e. The van der Waals surface area contributed by atoms with Crippen molar-refractivity contribution in [3.63, 3.8) is 0 Å². The highest BCUT2D eigenvalue weighted by Crippen LogP contribution is 2.15. The van der Waals surface area contributed by atoms with Crippen LogP contribution in [0, 0.1) is 0 Å². The summed E-state index contributed by atoms with van der Waals surface area (Å²) in [6, 6.07) is 6.90. The van der Waals surface area contributed by atoms with Crippen molar-refractivity contribution in [3.8, 4) is 0 Å². The van der Waals surface area contributed by atoms with Crippen molar-refractivity contribution in [2.24, 2.45) is 0 Å². The van der Waals surface area contributed by atoms with Gasteiger partial charge in [-0.05, 0) is 43.6 Å². The topological polar surface area (TPSA) is 46.6 Å². The van der Waals surface area contributed by atoms with Crippen LogP contribution in [0.3, 0.4) is 0 Å². The van der Waals surface area contributed by atoms with Crippen LogP contribution in [0.25, 0.3) is 0 Å². The molecule has 0 bridgehead atoms. The fourth-order valence-electron chi connectivity index (χ4n) is 2.45. The lowest BCUT2D eigenvalue weighted by molar-refractivity contribution is 0.217. The molecule has 1 aromatic rings. The Labute approximate surface area is 141 Å². The van der Waals surface area contributed by atoms with Crippen molar-refractivity contribution in [1.82, 2.24) is 4.90 Å². The van der Waals surface area contributed by atoms with E-state index >= 15 is 0 Å². The number of hydrogen-bond donors (Lipinski definition) is 0. The molecule has 6 heteroatoms. The molecular weight excluding hydrogens is 401 g/mol. The summed E-state index contributed by atoms with van der Waals surface area (Å²) in [5.74, 6) is 0. The largest absolute Gasteiger partial charge is 0.301 e. The predicted molar refractivity (Wildman–Crippen MR) is 92.2 cm³/mol. The molecule has 118 valence electrons. The van der Waals surface area contributed by atoms with Crippen molar-refractivity contribution >= 4 is 32.7 Å². The summed E-state index contributed by atoms with van der Waals surface area (Å²) in [6.45, 7) is 3.02. The van der Waals surface area contributed by atoms with E-state index in [2.05, 4.69) is 27.5 Å². The van der Waals surface area contributed by atoms with E-state index in [1.807, 2.05) is 12.1 Å². The molecular formula is C15H22INO3S. The maximum absolute atomic E-state index is 12.1. The van der Waals surface area contributed by atoms with Crippen molar-refractivity contribution in [2.45, 2.75) is 35.0 Å². The number of likely N-dealkylation sites (tertiary alicyclic amines) is 1. The number of rotatable bonds is 6. The summed E-state index contributed by atoms with van der Waals surface area (Å²) in [5, 5.41) is 0. The van der Waals surface area contributed by atoms with E-state index in [1.165, 1.54) is 25.7 Å². The van der Waals surface area contributed by atoms with Crippen LogP contribution in [0.1, 0.15) is 31.2 Å². The molecule has 1 saturated heterocycles. The highest BCUT2D eigenvalue weighted by atomic mass is 127. The molecule has 0 atom stereocenters. The molecule has 0 amide bonds. The minimum atomic E-state index is -3.62. The first-order chi connectivity index (χ1) is 10.1. The van der Waals surface area contributed by atoms with Gasteiger partial charge in [-0.3, -0.25) is 4.18 Å². The van der Waals surface area contributed by atoms with Crippen molar-refractivity contribution in [1.29, 1.82) is 0 Å². The first kappa shape index (κ1) is 17.2. The molecule has 4 nitrogen and oxygen atoms in total. The standard InChI is InChI=1S/C15H22INO3S/c16-13-14-5-7-15(8-6-14)21(18,19)20-12-11-17-9-3-1-2-4-10-17/h5-8H,1-4,9-13H2. The summed E-state index contributed by atoms with van der Waals surface area (Å²) in [7, 11) is -3.62. The molecule has 1 fully saturated rings. The molecule has 0 aromatic heterocycles. The van der Waals surface area contributed by atoms with Crippen molar-refractivity contribution in [3.05, 3.63) is 29.8 Å². The fraction of sp³-hybridized carbons (Fsp3) is 0.600. The van der Waals surface area contributed by atoms with E-state index in [0.717, 1.165) is 23.1 Å². The Hall–Kier alpha value is -0.180. The van der Waals surface area contributed by atoms with Gasteiger partial charge >= 0.3 is 0 Å². The summed E-state index contributed by atoms with van der Waals surface area (Å²) >= 11 is 2.25. The van der Waals surface area contributed by atoms with Crippen LogP contribution >= 0.6 is 22.6 Å². The SMILES string of the molecule is O=S(=O)(OCCN1CCCCCC1)c1ccc(CI)cc1. The Morgan fingerprint density at radius 1 is 1.05 bits per heavy atom. The van der Waals surface area contributed by atoms with E-state index in [9.17, 15) is 8.42 Å². The third-order valence-corrected chi connectivity index (χ3v) is 5.92. The molecule has 0 unspecified atom stereocenters. The molecule has 0 saturated carbocycles. The van der Waals surface area contributed by atoms with Gasteiger partial charge in [-0.1, -0.05) is 47.6 Å². The van der Waals surface area contributed by atoms with E-state index < -0.39 is 10.1 Å². The fourth-order valence-corrected chi connectivity index (χ4v) is 3.86. The predicted octanol–water partition coefficient (Wildman–Crippen LogP) is 3.20. The third-order valence-electron chi connectivity index (χ3n) is 3.71. The number of nitrogens with zero attached hydrogens (tertiary/aromatic N) is 1. The number of alkyl halides is 1. The Kier molecular flexibility index (Phi) is 6.91. The molecule has 0 radical (unpaired) electrons. The lowest BCUT2D eigenvalue weighted by atomic mass is 10.2. The van der Waals surface area contributed by atoms with Gasteiger partial charge < -0.3 is 4.90 Å². The van der Waals surface area contributed by atoms with Gasteiger partial charge in [0.25, 0.3) is 10.1 Å². The van der Waals surface area contributed by atoms with Crippen LogP contribution in [0.2, 0.25) is 0 Å². The Bertz CT molecular complexity index is 522. The van der Waals surface area contributed by atoms with Crippen LogP contribution in [-0.2, 0) is 18.7 Å². The van der Waals surface area contributed by atoms with Crippen LogP contribution in [0.4, 0.5) is 0 Å². The molecule has 2 rings (SSSR count). The van der Waals surface area contributed by atoms with Gasteiger partial charge in [-0.15, -0.1) is 0 Å². The second-order valence-corrected chi connectivity index (χ2v) is 7.69. The highest BCUT2D eigenvalue weighted by Gasteiger charge is 2.16. The zero-order chi connectivity index (χ0) is 15.1. The average molecular weight is 423 g/mol. The zero-order valence-electron chi connectivity index (χ0n) is 12.1. The van der Waals surface area contributed by atoms with E-state index in [-0.39, 0.29) is 11.5 Å². The maximum atomic E-state index is 12.1. The first-order valence-electron chi connectivity index (χ1n) is 7.38. The second-order valence-electron chi connectivity index (χ2n) is 5.31. The Morgan fingerprint density at radius 3 is 2.24 bits per heavy atom. The molecule has 1 aliphatic rings. The molecule has 0 spiro atoms. The number of halogens is 1. The monoisotopic (exact) mass is 423 g/mol. The summed E-state index contributed by atoms with van der Waals surface area (Å²) < 4.78 is 30.2. The van der Waals surface area contributed by atoms with Crippen LogP contribution in [0.5, 0.6) is 0 Å². The van der Waals surface area contributed by atoms with Crippen molar-refractivity contribution in [2.75, 3.05) is 26.2 Å². The average Bonchev–Trinajstić information content (AvgIpc) is 2.76. The molecule has 21 heavy (non-hydrogen) atoms. The van der Waals surface area contributed by atoms with Crippen LogP contribution < -0.4 is 0 Å². The van der Waals surface area contributed by atoms with Gasteiger partial charge in [0.1, 0.15) is 0 Å². The van der Waals surface area contributed by atoms with Gasteiger partial charge in [-0.2, -0.15) is 8.42 Å². The minimum Gasteiger partial charge on any atom is -0.301 e. The normalized spacial score (nSPS) is 17.6. The lowest BCUT2D eigenvalue weighted by Crippen LogP contribution is -2.29. The van der Waals surface area contributed by atoms with Gasteiger partial charge in [0, 0.05) is 11.0 Å². The van der Waals surface area contributed by atoms with E-state index in [0.29, 0.717) is 6.54 Å². The number of hydrogen-bond acceptors (Lipinski definition) is 4. The molecule has 0 N–H and O–H groups in total. The maximum Gasteiger partial charge on any atom is 0.297 e. The zero-order valence-corrected chi connectivity index (χ0v) is 15.1. The Balaban J connectivity index is 1.85. The molecule has 1 aliphatic heterocycles. The summed E-state index contributed by atoms with van der Waals surface area (Å²) in [4.78, 5) is 2.54. The third kappa shape index (κ3) is 5.50. The van der Waals surface area contributed by atoms with Gasteiger partial charge in [0.15, 0.2) is 0 Å². The number of benzene rings is 1. The van der Waals surface area contributed by atoms with E-state index in [4.69, 9.17) is 4.18 Å².